The van der Waals surface area contributed by atoms with Crippen molar-refractivity contribution in [2.24, 2.45) is 0 Å². The fraction of sp³-hybridized carbons (Fsp3) is 0.458. The Balaban J connectivity index is 1.46. The van der Waals surface area contributed by atoms with Gasteiger partial charge in [0, 0.05) is 25.4 Å². The summed E-state index contributed by atoms with van der Waals surface area (Å²) in [5, 5.41) is 0. The minimum Gasteiger partial charge on any atom is -0.358 e. The van der Waals surface area contributed by atoms with Gasteiger partial charge in [-0.1, -0.05) is 78.6 Å². The highest BCUT2D eigenvalue weighted by atomic mass is 32.2. The Bertz CT molecular complexity index is 735. The van der Waals surface area contributed by atoms with E-state index in [9.17, 15) is 0 Å². The molecular weight excluding hydrogens is 380 g/mol. The van der Waals surface area contributed by atoms with Gasteiger partial charge in [-0.05, 0) is 62.4 Å². The zero-order chi connectivity index (χ0) is 19.9. The van der Waals surface area contributed by atoms with Gasteiger partial charge in [0.05, 0.1) is 0 Å². The van der Waals surface area contributed by atoms with Crippen LogP contribution in [0.25, 0.3) is 0 Å². The summed E-state index contributed by atoms with van der Waals surface area (Å²) < 4.78 is 1.03. The zero-order valence-corrected chi connectivity index (χ0v) is 18.9. The van der Waals surface area contributed by atoms with Crippen LogP contribution in [0.4, 0.5) is 0 Å². The van der Waals surface area contributed by atoms with E-state index in [1.165, 1.54) is 42.4 Å². The summed E-state index contributed by atoms with van der Waals surface area (Å²) in [5.41, 5.74) is 4.23. The van der Waals surface area contributed by atoms with Gasteiger partial charge in [-0.15, -0.1) is 0 Å². The van der Waals surface area contributed by atoms with Crippen molar-refractivity contribution in [1.29, 1.82) is 0 Å². The Kier molecular flexibility index (Phi) is 7.95. The first kappa shape index (κ1) is 21.4. The van der Waals surface area contributed by atoms with Crippen molar-refractivity contribution in [2.45, 2.75) is 49.9 Å². The van der Waals surface area contributed by atoms with E-state index in [1.54, 1.807) is 11.8 Å². The molecule has 1 fully saturated rings. The second-order valence-electron chi connectivity index (χ2n) is 8.14. The van der Waals surface area contributed by atoms with Crippen LogP contribution in [0.5, 0.6) is 0 Å². The summed E-state index contributed by atoms with van der Waals surface area (Å²) >= 11 is 7.50. The monoisotopic (exact) mass is 412 g/mol. The van der Waals surface area contributed by atoms with E-state index in [1.807, 2.05) is 0 Å². The lowest BCUT2D eigenvalue weighted by molar-refractivity contribution is 0.267. The van der Waals surface area contributed by atoms with E-state index in [2.05, 4.69) is 85.5 Å². The Morgan fingerprint density at radius 2 is 1.54 bits per heavy atom. The average Bonchev–Trinajstić information content (AvgIpc) is 2.72. The molecular formula is C24H32N2S2. The molecule has 0 spiro atoms. The molecule has 0 heterocycles. The normalized spacial score (nSPS) is 19.6. The fourth-order valence-electron chi connectivity index (χ4n) is 4.03. The van der Waals surface area contributed by atoms with Crippen LogP contribution in [0.2, 0.25) is 0 Å². The van der Waals surface area contributed by atoms with Gasteiger partial charge in [0.2, 0.25) is 0 Å². The topological polar surface area (TPSA) is 6.48 Å². The van der Waals surface area contributed by atoms with Crippen molar-refractivity contribution >= 4 is 28.3 Å². The van der Waals surface area contributed by atoms with E-state index < -0.39 is 0 Å². The highest BCUT2D eigenvalue weighted by Gasteiger charge is 2.26. The van der Waals surface area contributed by atoms with Crippen LogP contribution < -0.4 is 0 Å². The van der Waals surface area contributed by atoms with Gasteiger partial charge >= 0.3 is 0 Å². The van der Waals surface area contributed by atoms with Crippen LogP contribution in [0.15, 0.2) is 54.6 Å². The maximum atomic E-state index is 5.71. The van der Waals surface area contributed by atoms with Gasteiger partial charge in [-0.25, -0.2) is 0 Å². The van der Waals surface area contributed by atoms with Crippen molar-refractivity contribution in [2.75, 3.05) is 21.1 Å². The smallest absolute Gasteiger partial charge is 0.136 e. The lowest BCUT2D eigenvalue weighted by Gasteiger charge is -2.36. The first-order valence-electron chi connectivity index (χ1n) is 10.2. The number of thiocarbonyl (C=S) groups is 1. The Hall–Kier alpha value is -1.36. The van der Waals surface area contributed by atoms with Gasteiger partial charge < -0.3 is 9.80 Å². The average molecular weight is 413 g/mol. The number of benzene rings is 2. The first-order chi connectivity index (χ1) is 13.5. The van der Waals surface area contributed by atoms with Crippen molar-refractivity contribution in [3.63, 3.8) is 0 Å². The molecule has 0 aromatic heterocycles. The maximum Gasteiger partial charge on any atom is 0.136 e. The molecule has 1 aliphatic carbocycles. The quantitative estimate of drug-likeness (QED) is 0.543. The minimum absolute atomic E-state index is 0.583. The fourth-order valence-corrected chi connectivity index (χ4v) is 5.19. The van der Waals surface area contributed by atoms with Crippen molar-refractivity contribution < 1.29 is 0 Å². The molecule has 3 rings (SSSR count). The molecule has 1 saturated carbocycles. The highest BCUT2D eigenvalue weighted by Crippen LogP contribution is 2.35. The summed E-state index contributed by atoms with van der Waals surface area (Å²) in [5.74, 6) is 1.65. The van der Waals surface area contributed by atoms with Gasteiger partial charge in [0.1, 0.15) is 4.32 Å². The van der Waals surface area contributed by atoms with Crippen LogP contribution in [0.1, 0.15) is 48.3 Å². The molecule has 0 radical (unpaired) electrons. The zero-order valence-electron chi connectivity index (χ0n) is 17.3. The lowest BCUT2D eigenvalue weighted by Crippen LogP contribution is -2.37. The molecule has 2 aromatic rings. The Labute approximate surface area is 180 Å². The third-order valence-electron chi connectivity index (χ3n) is 5.69. The summed E-state index contributed by atoms with van der Waals surface area (Å²) in [7, 11) is 6.42. The largest absolute Gasteiger partial charge is 0.358 e. The molecule has 0 amide bonds. The molecule has 0 bridgehead atoms. The number of nitrogens with zero attached hydrogens (tertiary/aromatic N) is 2. The third kappa shape index (κ3) is 6.07. The van der Waals surface area contributed by atoms with Crippen LogP contribution in [0.3, 0.4) is 0 Å². The van der Waals surface area contributed by atoms with Crippen molar-refractivity contribution in [3.8, 4) is 0 Å². The van der Waals surface area contributed by atoms with Crippen molar-refractivity contribution in [1.82, 2.24) is 9.80 Å². The third-order valence-corrected chi connectivity index (χ3v) is 7.34. The number of rotatable bonds is 6. The minimum atomic E-state index is 0.583. The van der Waals surface area contributed by atoms with Crippen molar-refractivity contribution in [3.05, 3.63) is 71.3 Å². The molecule has 0 N–H and O–H groups in total. The predicted octanol–water partition coefficient (Wildman–Crippen LogP) is 5.92. The second kappa shape index (κ2) is 10.4. The SMILES string of the molecule is CN(C)Cc1ccc([C@H]2CC[C@@H](N(C)C(=S)SCc3ccccc3)CC2)cc1. The number of thioether (sulfide) groups is 1. The summed E-state index contributed by atoms with van der Waals surface area (Å²) in [6.07, 6.45) is 4.97. The Morgan fingerprint density at radius 1 is 0.893 bits per heavy atom. The molecule has 28 heavy (non-hydrogen) atoms. The number of hydrogen-bond acceptors (Lipinski definition) is 3. The second-order valence-corrected chi connectivity index (χ2v) is 9.75. The molecule has 0 saturated heterocycles. The van der Waals surface area contributed by atoms with E-state index in [4.69, 9.17) is 12.2 Å². The highest BCUT2D eigenvalue weighted by molar-refractivity contribution is 8.22. The molecule has 0 unspecified atom stereocenters. The van der Waals surface area contributed by atoms with Gasteiger partial charge in [-0.3, -0.25) is 0 Å². The van der Waals surface area contributed by atoms with Crippen LogP contribution in [-0.4, -0.2) is 41.3 Å². The van der Waals surface area contributed by atoms with E-state index in [0.29, 0.717) is 12.0 Å². The first-order valence-corrected chi connectivity index (χ1v) is 11.6. The summed E-state index contributed by atoms with van der Waals surface area (Å²) in [6, 6.07) is 20.4. The molecule has 1 aliphatic rings. The van der Waals surface area contributed by atoms with Crippen LogP contribution in [0, 0.1) is 0 Å². The lowest BCUT2D eigenvalue weighted by atomic mass is 9.81. The molecule has 2 aromatic carbocycles. The Morgan fingerprint density at radius 3 is 2.14 bits per heavy atom. The molecule has 0 atom stereocenters. The van der Waals surface area contributed by atoms with Gasteiger partial charge in [-0.2, -0.15) is 0 Å². The molecule has 150 valence electrons. The van der Waals surface area contributed by atoms with Gasteiger partial charge in [0.25, 0.3) is 0 Å². The van der Waals surface area contributed by atoms with E-state index in [-0.39, 0.29) is 0 Å². The molecule has 0 aliphatic heterocycles. The van der Waals surface area contributed by atoms with Crippen LogP contribution in [-0.2, 0) is 12.3 Å². The predicted molar refractivity (Wildman–Crippen MR) is 127 cm³/mol. The van der Waals surface area contributed by atoms with Crippen LogP contribution >= 0.6 is 24.0 Å². The molecule has 4 heteroatoms. The standard InChI is InChI=1S/C24H32N2S2/c1-25(2)17-19-9-11-21(12-10-19)22-13-15-23(16-14-22)26(3)24(27)28-18-20-7-5-4-6-8-20/h4-12,22-23H,13-18H2,1-3H3/t22-,23+. The van der Waals surface area contributed by atoms with Gasteiger partial charge in [0.15, 0.2) is 0 Å². The summed E-state index contributed by atoms with van der Waals surface area (Å²) in [4.78, 5) is 4.56. The molecule has 2 nitrogen and oxygen atoms in total. The summed E-state index contributed by atoms with van der Waals surface area (Å²) in [6.45, 7) is 1.01. The maximum absolute atomic E-state index is 5.71. The number of hydrogen-bond donors (Lipinski definition) is 0. The van der Waals surface area contributed by atoms with E-state index in [0.717, 1.165) is 16.6 Å². The van der Waals surface area contributed by atoms with E-state index >= 15 is 0 Å².